The lowest BCUT2D eigenvalue weighted by Crippen LogP contribution is -2.27. The van der Waals surface area contributed by atoms with Crippen molar-refractivity contribution in [2.75, 3.05) is 7.11 Å². The monoisotopic (exact) mass is 367 g/mol. The Bertz CT molecular complexity index is 586. The van der Waals surface area contributed by atoms with Crippen LogP contribution in [0.5, 0.6) is 5.75 Å². The maximum atomic E-state index is 6.05. The van der Waals surface area contributed by atoms with Crippen molar-refractivity contribution in [3.8, 4) is 5.75 Å². The van der Waals surface area contributed by atoms with Crippen LogP contribution in [-0.4, -0.2) is 13.2 Å². The van der Waals surface area contributed by atoms with Gasteiger partial charge in [-0.2, -0.15) is 0 Å². The molecule has 1 N–H and O–H groups in total. The average molecular weight is 369 g/mol. The summed E-state index contributed by atoms with van der Waals surface area (Å²) >= 11 is 9.50. The van der Waals surface area contributed by atoms with E-state index in [0.29, 0.717) is 6.04 Å². The fraction of sp³-hybridized carbons (Fsp3) is 0.294. The van der Waals surface area contributed by atoms with Gasteiger partial charge in [0.15, 0.2) is 0 Å². The van der Waals surface area contributed by atoms with Crippen molar-refractivity contribution in [2.45, 2.75) is 25.9 Å². The zero-order chi connectivity index (χ0) is 15.2. The normalized spacial score (nSPS) is 12.2. The quantitative estimate of drug-likeness (QED) is 0.788. The van der Waals surface area contributed by atoms with E-state index in [0.717, 1.165) is 33.8 Å². The van der Waals surface area contributed by atoms with E-state index in [-0.39, 0.29) is 0 Å². The van der Waals surface area contributed by atoms with Crippen LogP contribution in [0.3, 0.4) is 0 Å². The number of benzene rings is 2. The Balaban J connectivity index is 1.93. The molecular weight excluding hydrogens is 350 g/mol. The van der Waals surface area contributed by atoms with Crippen LogP contribution in [0.4, 0.5) is 0 Å². The van der Waals surface area contributed by atoms with E-state index in [9.17, 15) is 0 Å². The molecule has 2 nitrogen and oxygen atoms in total. The van der Waals surface area contributed by atoms with E-state index in [1.807, 2.05) is 18.2 Å². The average Bonchev–Trinajstić information content (AvgIpc) is 2.48. The molecule has 0 radical (unpaired) electrons. The van der Waals surface area contributed by atoms with Crippen LogP contribution in [0.1, 0.15) is 18.1 Å². The first-order valence-corrected chi connectivity index (χ1v) is 8.06. The molecule has 0 amide bonds. The van der Waals surface area contributed by atoms with Crippen LogP contribution in [0.25, 0.3) is 0 Å². The summed E-state index contributed by atoms with van der Waals surface area (Å²) in [7, 11) is 1.68. The number of ether oxygens (including phenoxy) is 1. The highest BCUT2D eigenvalue weighted by atomic mass is 79.9. The molecule has 0 aliphatic rings. The summed E-state index contributed by atoms with van der Waals surface area (Å²) in [5.41, 5.74) is 2.39. The summed E-state index contributed by atoms with van der Waals surface area (Å²) in [6.07, 6.45) is 0.982. The third-order valence-corrected chi connectivity index (χ3v) is 4.10. The summed E-state index contributed by atoms with van der Waals surface area (Å²) in [6, 6.07) is 14.5. The molecule has 21 heavy (non-hydrogen) atoms. The van der Waals surface area contributed by atoms with Crippen molar-refractivity contribution in [1.82, 2.24) is 5.32 Å². The Labute approximate surface area is 139 Å². The number of nitrogens with one attached hydrogen (secondary N) is 1. The molecule has 0 aliphatic carbocycles. The van der Waals surface area contributed by atoms with Gasteiger partial charge in [0.1, 0.15) is 5.75 Å². The molecule has 0 saturated heterocycles. The summed E-state index contributed by atoms with van der Waals surface area (Å²) in [4.78, 5) is 0. The minimum absolute atomic E-state index is 0.370. The lowest BCUT2D eigenvalue weighted by Gasteiger charge is -2.16. The van der Waals surface area contributed by atoms with E-state index in [4.69, 9.17) is 16.3 Å². The van der Waals surface area contributed by atoms with Gasteiger partial charge in [-0.25, -0.2) is 0 Å². The molecule has 2 aromatic carbocycles. The largest absolute Gasteiger partial charge is 0.496 e. The summed E-state index contributed by atoms with van der Waals surface area (Å²) in [5, 5.41) is 4.24. The van der Waals surface area contributed by atoms with Crippen molar-refractivity contribution in [1.29, 1.82) is 0 Å². The van der Waals surface area contributed by atoms with E-state index < -0.39 is 0 Å². The smallest absolute Gasteiger partial charge is 0.123 e. The topological polar surface area (TPSA) is 21.3 Å². The number of hydrogen-bond donors (Lipinski definition) is 1. The molecule has 1 unspecified atom stereocenters. The highest BCUT2D eigenvalue weighted by molar-refractivity contribution is 9.10. The molecule has 0 aromatic heterocycles. The van der Waals surface area contributed by atoms with Crippen molar-refractivity contribution in [3.05, 3.63) is 63.1 Å². The van der Waals surface area contributed by atoms with E-state index in [2.05, 4.69) is 52.4 Å². The third-order valence-electron chi connectivity index (χ3n) is 3.34. The predicted octanol–water partition coefficient (Wildman–Crippen LogP) is 4.83. The van der Waals surface area contributed by atoms with Crippen LogP contribution in [0.15, 0.2) is 46.9 Å². The lowest BCUT2D eigenvalue weighted by atomic mass is 10.1. The fourth-order valence-electron chi connectivity index (χ4n) is 2.22. The Morgan fingerprint density at radius 2 is 1.90 bits per heavy atom. The van der Waals surface area contributed by atoms with Crippen LogP contribution in [0, 0.1) is 0 Å². The first kappa shape index (κ1) is 16.3. The minimum Gasteiger partial charge on any atom is -0.496 e. The maximum absolute atomic E-state index is 6.05. The van der Waals surface area contributed by atoms with Gasteiger partial charge in [-0.15, -0.1) is 0 Å². The molecular formula is C17H19BrClNO. The Hall–Kier alpha value is -1.03. The summed E-state index contributed by atoms with van der Waals surface area (Å²) in [6.45, 7) is 2.92. The van der Waals surface area contributed by atoms with Crippen molar-refractivity contribution in [3.63, 3.8) is 0 Å². The summed E-state index contributed by atoms with van der Waals surface area (Å²) in [5.74, 6) is 0.864. The van der Waals surface area contributed by atoms with Gasteiger partial charge in [0.25, 0.3) is 0 Å². The molecule has 0 fully saturated rings. The standard InChI is InChI=1S/C17H19BrClNO/c1-12(9-13-3-5-15(18)6-4-13)20-11-14-10-16(19)7-8-17(14)21-2/h3-8,10,12,20H,9,11H2,1-2H3. The van der Waals surface area contributed by atoms with Gasteiger partial charge >= 0.3 is 0 Å². The fourth-order valence-corrected chi connectivity index (χ4v) is 2.67. The van der Waals surface area contributed by atoms with Crippen LogP contribution in [0.2, 0.25) is 5.02 Å². The van der Waals surface area contributed by atoms with Crippen molar-refractivity contribution < 1.29 is 4.74 Å². The van der Waals surface area contributed by atoms with E-state index >= 15 is 0 Å². The molecule has 0 spiro atoms. The zero-order valence-corrected chi connectivity index (χ0v) is 14.5. The minimum atomic E-state index is 0.370. The second kappa shape index (κ2) is 7.83. The van der Waals surface area contributed by atoms with Crippen LogP contribution < -0.4 is 10.1 Å². The van der Waals surface area contributed by atoms with Gasteiger partial charge < -0.3 is 10.1 Å². The second-order valence-corrected chi connectivity index (χ2v) is 6.42. The Morgan fingerprint density at radius 1 is 1.19 bits per heavy atom. The highest BCUT2D eigenvalue weighted by Crippen LogP contribution is 2.22. The molecule has 0 aliphatic heterocycles. The van der Waals surface area contributed by atoms with Gasteiger partial charge in [-0.05, 0) is 49.2 Å². The third kappa shape index (κ3) is 5.03. The number of methoxy groups -OCH3 is 1. The molecule has 1 atom stereocenters. The summed E-state index contributed by atoms with van der Waals surface area (Å²) < 4.78 is 6.47. The SMILES string of the molecule is COc1ccc(Cl)cc1CNC(C)Cc1ccc(Br)cc1. The van der Waals surface area contributed by atoms with Gasteiger partial charge in [0.05, 0.1) is 7.11 Å². The number of rotatable bonds is 6. The Morgan fingerprint density at radius 3 is 2.57 bits per heavy atom. The van der Waals surface area contributed by atoms with Crippen molar-refractivity contribution in [2.24, 2.45) is 0 Å². The predicted molar refractivity (Wildman–Crippen MR) is 92.2 cm³/mol. The molecule has 4 heteroatoms. The molecule has 0 heterocycles. The molecule has 0 bridgehead atoms. The highest BCUT2D eigenvalue weighted by Gasteiger charge is 2.07. The van der Waals surface area contributed by atoms with Crippen LogP contribution in [-0.2, 0) is 13.0 Å². The first-order valence-electron chi connectivity index (χ1n) is 6.88. The van der Waals surface area contributed by atoms with Gasteiger partial charge in [0, 0.05) is 27.6 Å². The van der Waals surface area contributed by atoms with Crippen LogP contribution >= 0.6 is 27.5 Å². The molecule has 2 rings (SSSR count). The van der Waals surface area contributed by atoms with Gasteiger partial charge in [-0.3, -0.25) is 0 Å². The van der Waals surface area contributed by atoms with Crippen molar-refractivity contribution >= 4 is 27.5 Å². The van der Waals surface area contributed by atoms with E-state index in [1.165, 1.54) is 5.56 Å². The maximum Gasteiger partial charge on any atom is 0.123 e. The molecule has 112 valence electrons. The number of hydrogen-bond acceptors (Lipinski definition) is 2. The lowest BCUT2D eigenvalue weighted by molar-refractivity contribution is 0.405. The second-order valence-electron chi connectivity index (χ2n) is 5.07. The molecule has 0 saturated carbocycles. The zero-order valence-electron chi connectivity index (χ0n) is 12.2. The Kier molecular flexibility index (Phi) is 6.09. The van der Waals surface area contributed by atoms with E-state index in [1.54, 1.807) is 7.11 Å². The molecule has 2 aromatic rings. The number of halogens is 2. The van der Waals surface area contributed by atoms with Gasteiger partial charge in [-0.1, -0.05) is 39.7 Å². The van der Waals surface area contributed by atoms with Gasteiger partial charge in [0.2, 0.25) is 0 Å². The first-order chi connectivity index (χ1) is 10.1.